The molecule has 0 fully saturated rings. The van der Waals surface area contributed by atoms with E-state index in [4.69, 9.17) is 16.3 Å². The van der Waals surface area contributed by atoms with Crippen LogP contribution in [0.3, 0.4) is 0 Å². The highest BCUT2D eigenvalue weighted by Crippen LogP contribution is 2.24. The summed E-state index contributed by atoms with van der Waals surface area (Å²) in [7, 11) is 0. The number of hydrogen-bond acceptors (Lipinski definition) is 3. The van der Waals surface area contributed by atoms with Gasteiger partial charge in [-0.2, -0.15) is 0 Å². The van der Waals surface area contributed by atoms with Gasteiger partial charge in [0.2, 0.25) is 0 Å². The minimum atomic E-state index is -0.421. The van der Waals surface area contributed by atoms with E-state index in [1.807, 2.05) is 12.1 Å². The molecule has 0 bridgehead atoms. The van der Waals surface area contributed by atoms with Crippen LogP contribution in [0.2, 0.25) is 5.02 Å². The van der Waals surface area contributed by atoms with Crippen molar-refractivity contribution in [2.75, 3.05) is 11.9 Å². The van der Waals surface area contributed by atoms with E-state index in [1.54, 1.807) is 12.1 Å². The van der Waals surface area contributed by atoms with E-state index in [2.05, 4.69) is 12.2 Å². The lowest BCUT2D eigenvalue weighted by Gasteiger charge is -2.10. The van der Waals surface area contributed by atoms with E-state index in [0.29, 0.717) is 23.1 Å². The van der Waals surface area contributed by atoms with Gasteiger partial charge in [0, 0.05) is 16.8 Å². The highest BCUT2D eigenvalue weighted by molar-refractivity contribution is 6.31. The topological polar surface area (TPSA) is 58.6 Å². The van der Waals surface area contributed by atoms with Gasteiger partial charge in [-0.25, -0.2) is 0 Å². The Morgan fingerprint density at radius 3 is 2.79 bits per heavy atom. The molecule has 0 heterocycles. The molecule has 0 saturated carbocycles. The predicted molar refractivity (Wildman–Crippen MR) is 97.1 cm³/mol. The zero-order chi connectivity index (χ0) is 17.4. The Morgan fingerprint density at radius 1 is 1.17 bits per heavy atom. The number of carbonyl (C=O) groups is 1. The molecular formula is C19H22ClNO3. The summed E-state index contributed by atoms with van der Waals surface area (Å²) in [5.41, 5.74) is 0.735. The number of rotatable bonds is 8. The number of amides is 1. The Labute approximate surface area is 147 Å². The van der Waals surface area contributed by atoms with Crippen molar-refractivity contribution in [3.05, 3.63) is 53.1 Å². The molecule has 0 saturated heterocycles. The first-order chi connectivity index (χ1) is 11.6. The number of hydrogen-bond donors (Lipinski definition) is 2. The Balaban J connectivity index is 1.96. The number of benzene rings is 2. The summed E-state index contributed by atoms with van der Waals surface area (Å²) in [5.74, 6) is 0.176. The Hall–Kier alpha value is -2.20. The van der Waals surface area contributed by atoms with E-state index in [-0.39, 0.29) is 11.3 Å². The number of anilines is 1. The Bertz CT molecular complexity index is 688. The van der Waals surface area contributed by atoms with Gasteiger partial charge in [-0.15, -0.1) is 0 Å². The monoisotopic (exact) mass is 347 g/mol. The lowest BCUT2D eigenvalue weighted by molar-refractivity contribution is 0.102. The van der Waals surface area contributed by atoms with Crippen LogP contribution in [-0.2, 0) is 0 Å². The SMILES string of the molecule is CCCCCCOc1cccc(NC(=O)c2cc(Cl)ccc2O)c1. The molecule has 5 heteroatoms. The fourth-order valence-electron chi connectivity index (χ4n) is 2.27. The lowest BCUT2D eigenvalue weighted by atomic mass is 10.2. The summed E-state index contributed by atoms with van der Waals surface area (Å²) in [5, 5.41) is 12.9. The molecule has 0 aliphatic carbocycles. The first-order valence-corrected chi connectivity index (χ1v) is 8.50. The fourth-order valence-corrected chi connectivity index (χ4v) is 2.44. The van der Waals surface area contributed by atoms with Crippen LogP contribution in [0, 0.1) is 0 Å². The second-order valence-corrected chi connectivity index (χ2v) is 5.99. The van der Waals surface area contributed by atoms with Gasteiger partial charge in [0.1, 0.15) is 11.5 Å². The van der Waals surface area contributed by atoms with E-state index < -0.39 is 5.91 Å². The molecule has 4 nitrogen and oxygen atoms in total. The molecule has 24 heavy (non-hydrogen) atoms. The van der Waals surface area contributed by atoms with Gasteiger partial charge in [0.25, 0.3) is 5.91 Å². The van der Waals surface area contributed by atoms with Gasteiger partial charge >= 0.3 is 0 Å². The van der Waals surface area contributed by atoms with Crippen molar-refractivity contribution in [2.45, 2.75) is 32.6 Å². The maximum atomic E-state index is 12.3. The smallest absolute Gasteiger partial charge is 0.259 e. The van der Waals surface area contributed by atoms with Crippen LogP contribution >= 0.6 is 11.6 Å². The minimum Gasteiger partial charge on any atom is -0.507 e. The van der Waals surface area contributed by atoms with Crippen molar-refractivity contribution >= 4 is 23.2 Å². The maximum absolute atomic E-state index is 12.3. The van der Waals surface area contributed by atoms with Crippen LogP contribution in [0.5, 0.6) is 11.5 Å². The molecule has 0 aromatic heterocycles. The third-order valence-electron chi connectivity index (χ3n) is 3.56. The first kappa shape index (κ1) is 18.1. The Kier molecular flexibility index (Phi) is 6.94. The largest absolute Gasteiger partial charge is 0.507 e. The zero-order valence-corrected chi connectivity index (χ0v) is 14.5. The molecule has 0 atom stereocenters. The number of phenolic OH excluding ortho intramolecular Hbond substituents is 1. The summed E-state index contributed by atoms with van der Waals surface area (Å²) in [4.78, 5) is 12.3. The normalized spacial score (nSPS) is 10.4. The van der Waals surface area contributed by atoms with Crippen molar-refractivity contribution in [3.8, 4) is 11.5 Å². The number of nitrogens with one attached hydrogen (secondary N) is 1. The second-order valence-electron chi connectivity index (χ2n) is 5.55. The van der Waals surface area contributed by atoms with Gasteiger partial charge in [-0.05, 0) is 36.8 Å². The molecule has 0 spiro atoms. The minimum absolute atomic E-state index is 0.111. The van der Waals surface area contributed by atoms with Gasteiger partial charge in [0.15, 0.2) is 0 Å². The van der Waals surface area contributed by atoms with Gasteiger partial charge in [-0.3, -0.25) is 4.79 Å². The number of phenols is 1. The molecule has 128 valence electrons. The zero-order valence-electron chi connectivity index (χ0n) is 13.7. The maximum Gasteiger partial charge on any atom is 0.259 e. The third kappa shape index (κ3) is 5.46. The summed E-state index contributed by atoms with van der Waals surface area (Å²) in [6.45, 7) is 2.83. The van der Waals surface area contributed by atoms with Crippen LogP contribution in [0.4, 0.5) is 5.69 Å². The molecule has 2 rings (SSSR count). The summed E-state index contributed by atoms with van der Waals surface area (Å²) in [6.07, 6.45) is 4.57. The molecule has 0 unspecified atom stereocenters. The number of carbonyl (C=O) groups excluding carboxylic acids is 1. The Morgan fingerprint density at radius 2 is 2.00 bits per heavy atom. The lowest BCUT2D eigenvalue weighted by Crippen LogP contribution is -2.12. The molecule has 0 radical (unpaired) electrons. The molecular weight excluding hydrogens is 326 g/mol. The van der Waals surface area contributed by atoms with Gasteiger partial charge < -0.3 is 15.2 Å². The van der Waals surface area contributed by atoms with E-state index in [9.17, 15) is 9.90 Å². The van der Waals surface area contributed by atoms with E-state index in [0.717, 1.165) is 12.8 Å². The van der Waals surface area contributed by atoms with Crippen molar-refractivity contribution in [1.29, 1.82) is 0 Å². The van der Waals surface area contributed by atoms with Crippen LogP contribution in [0.25, 0.3) is 0 Å². The molecule has 2 aromatic carbocycles. The summed E-state index contributed by atoms with van der Waals surface area (Å²) < 4.78 is 5.70. The molecule has 2 N–H and O–H groups in total. The molecule has 2 aromatic rings. The fraction of sp³-hybridized carbons (Fsp3) is 0.316. The molecule has 1 amide bonds. The van der Waals surface area contributed by atoms with Crippen molar-refractivity contribution in [3.63, 3.8) is 0 Å². The first-order valence-electron chi connectivity index (χ1n) is 8.13. The highest BCUT2D eigenvalue weighted by atomic mass is 35.5. The number of halogens is 1. The van der Waals surface area contributed by atoms with Crippen molar-refractivity contribution < 1.29 is 14.6 Å². The van der Waals surface area contributed by atoms with E-state index >= 15 is 0 Å². The van der Waals surface area contributed by atoms with Gasteiger partial charge in [0.05, 0.1) is 12.2 Å². The van der Waals surface area contributed by atoms with Crippen LogP contribution in [-0.4, -0.2) is 17.6 Å². The van der Waals surface area contributed by atoms with Crippen molar-refractivity contribution in [2.24, 2.45) is 0 Å². The highest BCUT2D eigenvalue weighted by Gasteiger charge is 2.12. The van der Waals surface area contributed by atoms with Crippen LogP contribution in [0.15, 0.2) is 42.5 Å². The van der Waals surface area contributed by atoms with Crippen molar-refractivity contribution in [1.82, 2.24) is 0 Å². The summed E-state index contributed by atoms with van der Waals surface area (Å²) >= 11 is 5.87. The number of unbranched alkanes of at least 4 members (excludes halogenated alkanes) is 3. The second kappa shape index (κ2) is 9.18. The molecule has 0 aliphatic heterocycles. The van der Waals surface area contributed by atoms with Crippen LogP contribution in [0.1, 0.15) is 43.0 Å². The standard InChI is InChI=1S/C19H22ClNO3/c1-2-3-4-5-11-24-16-8-6-7-15(13-16)21-19(23)17-12-14(20)9-10-18(17)22/h6-10,12-13,22H,2-5,11H2,1H3,(H,21,23). The molecule has 0 aliphatic rings. The number of aromatic hydroxyl groups is 1. The average Bonchev–Trinajstić information content (AvgIpc) is 2.57. The van der Waals surface area contributed by atoms with Crippen LogP contribution < -0.4 is 10.1 Å². The quantitative estimate of drug-likeness (QED) is 0.640. The van der Waals surface area contributed by atoms with Gasteiger partial charge in [-0.1, -0.05) is 43.9 Å². The summed E-state index contributed by atoms with van der Waals surface area (Å²) in [6, 6.07) is 11.6. The predicted octanol–water partition coefficient (Wildman–Crippen LogP) is 5.26. The number of ether oxygens (including phenoxy) is 1. The third-order valence-corrected chi connectivity index (χ3v) is 3.80. The van der Waals surface area contributed by atoms with E-state index in [1.165, 1.54) is 31.0 Å². The average molecular weight is 348 g/mol.